The van der Waals surface area contributed by atoms with Crippen LogP contribution in [-0.4, -0.2) is 24.4 Å². The van der Waals surface area contributed by atoms with Crippen molar-refractivity contribution in [1.82, 2.24) is 15.5 Å². The fourth-order valence-electron chi connectivity index (χ4n) is 2.23. The average Bonchev–Trinajstić information content (AvgIpc) is 2.95. The molecule has 2 aromatic rings. The smallest absolute Gasteiger partial charge is 0.180 e. The zero-order chi connectivity index (χ0) is 12.6. The number of benzene rings is 1. The molecule has 0 amide bonds. The molecule has 1 aromatic carbocycles. The quantitative estimate of drug-likeness (QED) is 0.867. The average molecular weight is 263 g/mol. The minimum atomic E-state index is -3.13. The minimum Gasteiger partial charge on any atom is -0.305 e. The van der Waals surface area contributed by atoms with Crippen molar-refractivity contribution in [1.29, 1.82) is 0 Å². The van der Waals surface area contributed by atoms with Crippen LogP contribution in [0.3, 0.4) is 0 Å². The predicted molar refractivity (Wildman–Crippen MR) is 66.7 cm³/mol. The molecule has 1 aliphatic rings. The number of nitrogens with zero attached hydrogens (tertiary/aromatic N) is 1. The third-order valence-corrected chi connectivity index (χ3v) is 4.94. The van der Waals surface area contributed by atoms with E-state index in [9.17, 15) is 8.42 Å². The van der Waals surface area contributed by atoms with Gasteiger partial charge < -0.3 is 5.32 Å². The lowest BCUT2D eigenvalue weighted by atomic mass is 10.1. The zero-order valence-electron chi connectivity index (χ0n) is 9.63. The van der Waals surface area contributed by atoms with Gasteiger partial charge in [-0.25, -0.2) is 8.42 Å². The Morgan fingerprint density at radius 3 is 3.00 bits per heavy atom. The van der Waals surface area contributed by atoms with Gasteiger partial charge in [-0.05, 0) is 11.6 Å². The van der Waals surface area contributed by atoms with E-state index in [0.29, 0.717) is 11.4 Å². The second-order valence-corrected chi connectivity index (χ2v) is 6.36. The van der Waals surface area contributed by atoms with Crippen molar-refractivity contribution in [3.05, 3.63) is 47.8 Å². The number of hydrogen-bond acceptors (Lipinski definition) is 4. The van der Waals surface area contributed by atoms with Gasteiger partial charge in [0.05, 0.1) is 16.8 Å². The molecule has 0 saturated heterocycles. The van der Waals surface area contributed by atoms with Crippen molar-refractivity contribution in [2.75, 3.05) is 5.75 Å². The van der Waals surface area contributed by atoms with Gasteiger partial charge in [-0.1, -0.05) is 18.2 Å². The van der Waals surface area contributed by atoms with Crippen molar-refractivity contribution >= 4 is 9.84 Å². The Balaban J connectivity index is 1.83. The van der Waals surface area contributed by atoms with Gasteiger partial charge in [-0.15, -0.1) is 0 Å². The fraction of sp³-hybridized carbons (Fsp3) is 0.250. The minimum absolute atomic E-state index is 0.129. The molecule has 0 aliphatic carbocycles. The third kappa shape index (κ3) is 1.93. The summed E-state index contributed by atoms with van der Waals surface area (Å²) in [6.45, 7) is 0.602. The molecule has 18 heavy (non-hydrogen) atoms. The molecule has 94 valence electrons. The number of aromatic nitrogens is 2. The summed E-state index contributed by atoms with van der Waals surface area (Å²) in [6.07, 6.45) is 3.52. The number of rotatable bonds is 3. The number of sulfone groups is 1. The van der Waals surface area contributed by atoms with E-state index in [1.54, 1.807) is 24.5 Å². The second kappa shape index (κ2) is 4.22. The van der Waals surface area contributed by atoms with Crippen LogP contribution in [0.15, 0.2) is 41.6 Å². The molecular formula is C12H13N3O2S. The summed E-state index contributed by atoms with van der Waals surface area (Å²) in [5.74, 6) is 0.129. The van der Waals surface area contributed by atoms with Gasteiger partial charge in [0.15, 0.2) is 9.84 Å². The first kappa shape index (κ1) is 11.4. The van der Waals surface area contributed by atoms with Gasteiger partial charge in [0.25, 0.3) is 0 Å². The SMILES string of the molecule is O=S1(=O)CC(NCc2cn[nH]c2)c2ccccc21. The zero-order valence-corrected chi connectivity index (χ0v) is 10.4. The van der Waals surface area contributed by atoms with Gasteiger partial charge in [0.1, 0.15) is 0 Å². The molecule has 0 fully saturated rings. The molecule has 1 unspecified atom stereocenters. The maximum absolute atomic E-state index is 12.0. The van der Waals surface area contributed by atoms with Crippen LogP contribution in [0.25, 0.3) is 0 Å². The van der Waals surface area contributed by atoms with Crippen molar-refractivity contribution < 1.29 is 8.42 Å². The summed E-state index contributed by atoms with van der Waals surface area (Å²) in [4.78, 5) is 0.453. The van der Waals surface area contributed by atoms with Crippen LogP contribution in [0.2, 0.25) is 0 Å². The first-order valence-corrected chi connectivity index (χ1v) is 7.35. The predicted octanol–water partition coefficient (Wildman–Crippen LogP) is 1.03. The van der Waals surface area contributed by atoms with Crippen LogP contribution in [0.4, 0.5) is 0 Å². The molecule has 0 radical (unpaired) electrons. The first-order chi connectivity index (χ1) is 8.67. The van der Waals surface area contributed by atoms with E-state index < -0.39 is 9.84 Å². The Kier molecular flexibility index (Phi) is 2.68. The maximum Gasteiger partial charge on any atom is 0.180 e. The summed E-state index contributed by atoms with van der Waals surface area (Å²) in [5, 5.41) is 9.85. The monoisotopic (exact) mass is 263 g/mol. The Morgan fingerprint density at radius 2 is 2.22 bits per heavy atom. The van der Waals surface area contributed by atoms with Crippen LogP contribution >= 0.6 is 0 Å². The summed E-state index contributed by atoms with van der Waals surface area (Å²) >= 11 is 0. The lowest BCUT2D eigenvalue weighted by Crippen LogP contribution is -2.22. The molecule has 3 rings (SSSR count). The van der Waals surface area contributed by atoms with E-state index in [4.69, 9.17) is 0 Å². The summed E-state index contributed by atoms with van der Waals surface area (Å²) in [6, 6.07) is 7.03. The number of fused-ring (bicyclic) bond motifs is 1. The van der Waals surface area contributed by atoms with E-state index in [1.165, 1.54) is 0 Å². The Morgan fingerprint density at radius 1 is 1.39 bits per heavy atom. The number of hydrogen-bond donors (Lipinski definition) is 2. The Labute approximate surface area is 105 Å². The van der Waals surface area contributed by atoms with Crippen molar-refractivity contribution in [2.45, 2.75) is 17.5 Å². The highest BCUT2D eigenvalue weighted by atomic mass is 32.2. The highest BCUT2D eigenvalue weighted by Crippen LogP contribution is 2.32. The molecule has 2 heterocycles. The summed E-state index contributed by atoms with van der Waals surface area (Å²) in [5.41, 5.74) is 1.87. The molecule has 1 atom stereocenters. The lowest BCUT2D eigenvalue weighted by molar-refractivity contribution is 0.566. The number of H-pyrrole nitrogens is 1. The Hall–Kier alpha value is -1.66. The van der Waals surface area contributed by atoms with Crippen LogP contribution in [-0.2, 0) is 16.4 Å². The van der Waals surface area contributed by atoms with Crippen molar-refractivity contribution in [3.8, 4) is 0 Å². The Bertz CT molecular complexity index is 650. The van der Waals surface area contributed by atoms with Crippen molar-refractivity contribution in [3.63, 3.8) is 0 Å². The fourth-order valence-corrected chi connectivity index (χ4v) is 4.01. The summed E-state index contributed by atoms with van der Waals surface area (Å²) in [7, 11) is -3.13. The highest BCUT2D eigenvalue weighted by molar-refractivity contribution is 7.91. The van der Waals surface area contributed by atoms with Gasteiger partial charge in [0.2, 0.25) is 0 Å². The van der Waals surface area contributed by atoms with Gasteiger partial charge >= 0.3 is 0 Å². The lowest BCUT2D eigenvalue weighted by Gasteiger charge is -2.11. The molecule has 0 saturated carbocycles. The van der Waals surface area contributed by atoms with E-state index in [1.807, 2.05) is 12.1 Å². The van der Waals surface area contributed by atoms with Crippen LogP contribution in [0.5, 0.6) is 0 Å². The standard InChI is InChI=1S/C12H13N3O2S/c16-18(17)8-11(10-3-1-2-4-12(10)18)13-5-9-6-14-15-7-9/h1-4,6-7,11,13H,5,8H2,(H,14,15). The van der Waals surface area contributed by atoms with Gasteiger partial charge in [-0.3, -0.25) is 5.10 Å². The number of aromatic amines is 1. The largest absolute Gasteiger partial charge is 0.305 e. The topological polar surface area (TPSA) is 74.8 Å². The van der Waals surface area contributed by atoms with E-state index >= 15 is 0 Å². The van der Waals surface area contributed by atoms with Gasteiger partial charge in [-0.2, -0.15) is 5.10 Å². The third-order valence-electron chi connectivity index (χ3n) is 3.12. The van der Waals surface area contributed by atoms with E-state index in [2.05, 4.69) is 15.5 Å². The van der Waals surface area contributed by atoms with Crippen LogP contribution in [0.1, 0.15) is 17.2 Å². The molecule has 1 aromatic heterocycles. The van der Waals surface area contributed by atoms with E-state index in [-0.39, 0.29) is 11.8 Å². The molecule has 2 N–H and O–H groups in total. The molecular weight excluding hydrogens is 250 g/mol. The molecule has 0 spiro atoms. The molecule has 1 aliphatic heterocycles. The molecule has 5 nitrogen and oxygen atoms in total. The molecule has 0 bridgehead atoms. The van der Waals surface area contributed by atoms with Crippen LogP contribution in [0, 0.1) is 0 Å². The first-order valence-electron chi connectivity index (χ1n) is 5.69. The second-order valence-electron chi connectivity index (χ2n) is 4.36. The van der Waals surface area contributed by atoms with Gasteiger partial charge in [0, 0.05) is 24.3 Å². The summed E-state index contributed by atoms with van der Waals surface area (Å²) < 4.78 is 23.9. The maximum atomic E-state index is 12.0. The highest BCUT2D eigenvalue weighted by Gasteiger charge is 2.33. The number of nitrogens with one attached hydrogen (secondary N) is 2. The normalized spacial score (nSPS) is 20.8. The van der Waals surface area contributed by atoms with E-state index in [0.717, 1.165) is 11.1 Å². The van der Waals surface area contributed by atoms with Crippen LogP contribution < -0.4 is 5.32 Å². The molecule has 6 heteroatoms. The van der Waals surface area contributed by atoms with Crippen molar-refractivity contribution in [2.24, 2.45) is 0 Å².